The van der Waals surface area contributed by atoms with Crippen molar-refractivity contribution in [2.75, 3.05) is 20.1 Å². The average molecular weight is 329 g/mol. The van der Waals surface area contributed by atoms with Crippen molar-refractivity contribution < 1.29 is 9.32 Å². The van der Waals surface area contributed by atoms with E-state index in [9.17, 15) is 4.79 Å². The van der Waals surface area contributed by atoms with Crippen LogP contribution in [0.5, 0.6) is 0 Å². The van der Waals surface area contributed by atoms with Crippen LogP contribution in [0, 0.1) is 0 Å². The molecule has 1 amide bonds. The van der Waals surface area contributed by atoms with Gasteiger partial charge in [0, 0.05) is 25.2 Å². The Kier molecular flexibility index (Phi) is 6.55. The molecule has 1 aromatic carbocycles. The van der Waals surface area contributed by atoms with Gasteiger partial charge in [0.2, 0.25) is 0 Å². The molecule has 0 bridgehead atoms. The van der Waals surface area contributed by atoms with Crippen LogP contribution < -0.4 is 0 Å². The van der Waals surface area contributed by atoms with Crippen LogP contribution in [0.1, 0.15) is 42.6 Å². The zero-order chi connectivity index (χ0) is 17.5. The first-order chi connectivity index (χ1) is 11.5. The van der Waals surface area contributed by atoms with Crippen molar-refractivity contribution in [2.24, 2.45) is 0 Å². The van der Waals surface area contributed by atoms with Gasteiger partial charge in [0.25, 0.3) is 5.91 Å². The Morgan fingerprint density at radius 1 is 1.25 bits per heavy atom. The Hall–Kier alpha value is -2.14. The number of hydrogen-bond acceptors (Lipinski definition) is 4. The van der Waals surface area contributed by atoms with Crippen molar-refractivity contribution in [1.82, 2.24) is 15.0 Å². The zero-order valence-electron chi connectivity index (χ0n) is 15.0. The fourth-order valence-electron chi connectivity index (χ4n) is 2.69. The summed E-state index contributed by atoms with van der Waals surface area (Å²) in [6.45, 7) is 8.19. The number of rotatable bonds is 8. The second-order valence-electron chi connectivity index (χ2n) is 6.34. The Morgan fingerprint density at radius 2 is 1.96 bits per heavy atom. The maximum atomic E-state index is 12.4. The van der Waals surface area contributed by atoms with Crippen molar-refractivity contribution in [3.05, 3.63) is 53.4 Å². The molecule has 5 heteroatoms. The molecule has 0 aliphatic carbocycles. The molecular formula is C19H27N3O2. The van der Waals surface area contributed by atoms with E-state index in [1.165, 1.54) is 5.56 Å². The summed E-state index contributed by atoms with van der Waals surface area (Å²) in [5, 5.41) is 3.95. The lowest BCUT2D eigenvalue weighted by Crippen LogP contribution is -2.36. The highest BCUT2D eigenvalue weighted by molar-refractivity contribution is 5.92. The van der Waals surface area contributed by atoms with Crippen molar-refractivity contribution in [3.63, 3.8) is 0 Å². The highest BCUT2D eigenvalue weighted by atomic mass is 16.5. The van der Waals surface area contributed by atoms with Gasteiger partial charge in [0.15, 0.2) is 11.5 Å². The summed E-state index contributed by atoms with van der Waals surface area (Å²) >= 11 is 0. The molecule has 130 valence electrons. The van der Waals surface area contributed by atoms with Crippen molar-refractivity contribution in [3.8, 4) is 0 Å². The maximum absolute atomic E-state index is 12.4. The Morgan fingerprint density at radius 3 is 2.58 bits per heavy atom. The topological polar surface area (TPSA) is 49.6 Å². The second-order valence-corrected chi connectivity index (χ2v) is 6.34. The normalized spacial score (nSPS) is 11.2. The molecule has 5 nitrogen and oxygen atoms in total. The Labute approximate surface area is 144 Å². The number of benzene rings is 1. The first-order valence-corrected chi connectivity index (χ1v) is 8.50. The molecule has 0 saturated carbocycles. The fourth-order valence-corrected chi connectivity index (χ4v) is 2.69. The van der Waals surface area contributed by atoms with Gasteiger partial charge in [0.05, 0.1) is 6.54 Å². The number of carbonyl (C=O) groups excluding carboxylic acids is 1. The van der Waals surface area contributed by atoms with E-state index in [1.807, 2.05) is 33.9 Å². The van der Waals surface area contributed by atoms with Crippen LogP contribution in [0.25, 0.3) is 0 Å². The standard InChI is InChI=1S/C19H27N3O2/c1-5-22(15(2)3)19(23)18-13-17(24-20-18)14-21(4)12-11-16-9-7-6-8-10-16/h6-10,13,15H,5,11-12,14H2,1-4H3. The number of amides is 1. The van der Waals surface area contributed by atoms with E-state index in [1.54, 1.807) is 11.0 Å². The molecule has 2 aromatic rings. The first kappa shape index (κ1) is 18.2. The first-order valence-electron chi connectivity index (χ1n) is 8.50. The summed E-state index contributed by atoms with van der Waals surface area (Å²) in [5.74, 6) is 0.642. The van der Waals surface area contributed by atoms with E-state index < -0.39 is 0 Å². The highest BCUT2D eigenvalue weighted by Gasteiger charge is 2.21. The summed E-state index contributed by atoms with van der Waals surface area (Å²) in [4.78, 5) is 16.4. The number of nitrogens with zero attached hydrogens (tertiary/aromatic N) is 3. The summed E-state index contributed by atoms with van der Waals surface area (Å²) in [6, 6.07) is 12.3. The minimum Gasteiger partial charge on any atom is -0.359 e. The van der Waals surface area contributed by atoms with E-state index in [4.69, 9.17) is 4.52 Å². The van der Waals surface area contributed by atoms with E-state index in [-0.39, 0.29) is 11.9 Å². The maximum Gasteiger partial charge on any atom is 0.276 e. The van der Waals surface area contributed by atoms with E-state index in [0.29, 0.717) is 24.5 Å². The zero-order valence-corrected chi connectivity index (χ0v) is 15.0. The lowest BCUT2D eigenvalue weighted by Gasteiger charge is -2.23. The van der Waals surface area contributed by atoms with Gasteiger partial charge >= 0.3 is 0 Å². The van der Waals surface area contributed by atoms with Crippen LogP contribution in [-0.2, 0) is 13.0 Å². The molecule has 2 rings (SSSR count). The van der Waals surface area contributed by atoms with E-state index in [0.717, 1.165) is 13.0 Å². The summed E-state index contributed by atoms with van der Waals surface area (Å²) in [6.07, 6.45) is 0.980. The van der Waals surface area contributed by atoms with Gasteiger partial charge in [-0.15, -0.1) is 0 Å². The molecule has 0 aliphatic rings. The molecule has 1 aromatic heterocycles. The van der Waals surface area contributed by atoms with Gasteiger partial charge in [-0.2, -0.15) is 0 Å². The second kappa shape index (κ2) is 8.64. The van der Waals surface area contributed by atoms with Gasteiger partial charge < -0.3 is 9.42 Å². The lowest BCUT2D eigenvalue weighted by molar-refractivity contribution is 0.0706. The summed E-state index contributed by atoms with van der Waals surface area (Å²) in [7, 11) is 2.04. The predicted octanol–water partition coefficient (Wildman–Crippen LogP) is 3.22. The van der Waals surface area contributed by atoms with Crippen LogP contribution in [0.2, 0.25) is 0 Å². The van der Waals surface area contributed by atoms with Gasteiger partial charge in [0.1, 0.15) is 0 Å². The average Bonchev–Trinajstić information content (AvgIpc) is 3.02. The number of aromatic nitrogens is 1. The van der Waals surface area contributed by atoms with Crippen molar-refractivity contribution in [1.29, 1.82) is 0 Å². The van der Waals surface area contributed by atoms with E-state index >= 15 is 0 Å². The Balaban J connectivity index is 1.89. The van der Waals surface area contributed by atoms with Gasteiger partial charge in [-0.25, -0.2) is 0 Å². The predicted molar refractivity (Wildman–Crippen MR) is 94.8 cm³/mol. The molecule has 0 N–H and O–H groups in total. The summed E-state index contributed by atoms with van der Waals surface area (Å²) < 4.78 is 5.34. The Bertz CT molecular complexity index is 637. The number of likely N-dealkylation sites (N-methyl/N-ethyl adjacent to an activating group) is 1. The third kappa shape index (κ3) is 4.93. The molecule has 0 radical (unpaired) electrons. The van der Waals surface area contributed by atoms with Crippen molar-refractivity contribution in [2.45, 2.75) is 39.8 Å². The van der Waals surface area contributed by atoms with Crippen LogP contribution in [0.4, 0.5) is 0 Å². The molecule has 0 spiro atoms. The van der Waals surface area contributed by atoms with Crippen LogP contribution in [-0.4, -0.2) is 47.0 Å². The van der Waals surface area contributed by atoms with E-state index in [2.05, 4.69) is 34.3 Å². The monoisotopic (exact) mass is 329 g/mol. The van der Waals surface area contributed by atoms with Gasteiger partial charge in [-0.1, -0.05) is 35.5 Å². The third-order valence-electron chi connectivity index (χ3n) is 4.05. The van der Waals surface area contributed by atoms with Crippen LogP contribution in [0.15, 0.2) is 40.9 Å². The smallest absolute Gasteiger partial charge is 0.276 e. The molecule has 0 fully saturated rings. The molecule has 0 aliphatic heterocycles. The SMILES string of the molecule is CCN(C(=O)c1cc(CN(C)CCc2ccccc2)on1)C(C)C. The minimum absolute atomic E-state index is 0.0746. The molecule has 0 unspecified atom stereocenters. The molecule has 24 heavy (non-hydrogen) atoms. The fraction of sp³-hybridized carbons (Fsp3) is 0.474. The van der Waals surface area contributed by atoms with Gasteiger partial charge in [-0.05, 0) is 39.8 Å². The number of hydrogen-bond donors (Lipinski definition) is 0. The lowest BCUT2D eigenvalue weighted by atomic mass is 10.1. The quantitative estimate of drug-likeness (QED) is 0.746. The van der Waals surface area contributed by atoms with Crippen LogP contribution in [0.3, 0.4) is 0 Å². The molecule has 1 heterocycles. The van der Waals surface area contributed by atoms with Crippen molar-refractivity contribution >= 4 is 5.91 Å². The highest BCUT2D eigenvalue weighted by Crippen LogP contribution is 2.11. The molecule has 0 atom stereocenters. The molecule has 0 saturated heterocycles. The third-order valence-corrected chi connectivity index (χ3v) is 4.05. The minimum atomic E-state index is -0.0746. The van der Waals surface area contributed by atoms with Crippen LogP contribution >= 0.6 is 0 Å². The summed E-state index contributed by atoms with van der Waals surface area (Å²) in [5.41, 5.74) is 1.70. The number of carbonyl (C=O) groups is 1. The molecular weight excluding hydrogens is 302 g/mol. The van der Waals surface area contributed by atoms with Gasteiger partial charge in [-0.3, -0.25) is 9.69 Å². The largest absolute Gasteiger partial charge is 0.359 e.